The molecule has 0 radical (unpaired) electrons. The zero-order valence-corrected chi connectivity index (χ0v) is 15.9. The van der Waals surface area contributed by atoms with Crippen LogP contribution in [0.15, 0.2) is 47.5 Å². The van der Waals surface area contributed by atoms with Crippen molar-refractivity contribution in [2.75, 3.05) is 33.4 Å². The summed E-state index contributed by atoms with van der Waals surface area (Å²) in [4.78, 5) is 32.6. The topological polar surface area (TPSA) is 99.7 Å². The van der Waals surface area contributed by atoms with Gasteiger partial charge in [-0.2, -0.15) is 5.26 Å². The first kappa shape index (κ1) is 21.1. The lowest BCUT2D eigenvalue weighted by Crippen LogP contribution is -2.38. The lowest BCUT2D eigenvalue weighted by atomic mass is 10.2. The molecule has 2 amide bonds. The van der Waals surface area contributed by atoms with E-state index in [9.17, 15) is 9.59 Å². The van der Waals surface area contributed by atoms with E-state index in [0.29, 0.717) is 31.8 Å². The van der Waals surface area contributed by atoms with Crippen LogP contribution in [0.4, 0.5) is 0 Å². The van der Waals surface area contributed by atoms with Crippen molar-refractivity contribution in [1.29, 1.82) is 5.26 Å². The van der Waals surface area contributed by atoms with E-state index in [1.165, 1.54) is 12.5 Å². The van der Waals surface area contributed by atoms with Crippen LogP contribution in [0.1, 0.15) is 28.8 Å². The number of hydrogen-bond acceptors (Lipinski definition) is 6. The Labute approximate surface area is 164 Å². The summed E-state index contributed by atoms with van der Waals surface area (Å²) < 4.78 is 10.0. The van der Waals surface area contributed by atoms with Gasteiger partial charge in [0.15, 0.2) is 0 Å². The normalized spacial score (nSPS) is 10.3. The first-order valence-electron chi connectivity index (χ1n) is 8.99. The van der Waals surface area contributed by atoms with Crippen LogP contribution in [-0.2, 0) is 16.1 Å². The van der Waals surface area contributed by atoms with Gasteiger partial charge in [0.2, 0.25) is 5.91 Å². The second kappa shape index (κ2) is 11.5. The van der Waals surface area contributed by atoms with Gasteiger partial charge in [0.1, 0.15) is 6.26 Å². The number of nitriles is 1. The fraction of sp³-hybridized carbons (Fsp3) is 0.400. The van der Waals surface area contributed by atoms with Gasteiger partial charge in [0.05, 0.1) is 30.9 Å². The van der Waals surface area contributed by atoms with Gasteiger partial charge >= 0.3 is 0 Å². The largest absolute Gasteiger partial charge is 0.472 e. The number of methoxy groups -OCH3 is 1. The van der Waals surface area contributed by atoms with Gasteiger partial charge < -0.3 is 19.0 Å². The molecule has 8 heteroatoms. The molecule has 0 aliphatic heterocycles. The minimum Gasteiger partial charge on any atom is -0.472 e. The molecule has 0 fully saturated rings. The van der Waals surface area contributed by atoms with E-state index in [-0.39, 0.29) is 31.2 Å². The molecule has 2 aromatic rings. The predicted octanol–water partition coefficient (Wildman–Crippen LogP) is 2.10. The molecule has 0 unspecified atom stereocenters. The summed E-state index contributed by atoms with van der Waals surface area (Å²) in [6.45, 7) is 1.70. The number of aromatic nitrogens is 1. The van der Waals surface area contributed by atoms with Crippen LogP contribution in [0.2, 0.25) is 0 Å². The van der Waals surface area contributed by atoms with Crippen LogP contribution in [0.5, 0.6) is 0 Å². The highest BCUT2D eigenvalue weighted by atomic mass is 16.5. The van der Waals surface area contributed by atoms with E-state index in [1.54, 1.807) is 41.4 Å². The summed E-state index contributed by atoms with van der Waals surface area (Å²) in [5.74, 6) is -0.337. The number of carbonyl (C=O) groups excluding carboxylic acids is 2. The molecule has 2 rings (SSSR count). The minimum atomic E-state index is -0.213. The molecule has 0 aliphatic carbocycles. The third-order valence-corrected chi connectivity index (χ3v) is 4.16. The number of furan rings is 1. The Morgan fingerprint density at radius 3 is 2.75 bits per heavy atom. The zero-order chi connectivity index (χ0) is 20.2. The van der Waals surface area contributed by atoms with Gasteiger partial charge in [-0.1, -0.05) is 6.07 Å². The fourth-order valence-electron chi connectivity index (χ4n) is 2.66. The molecule has 8 nitrogen and oxygen atoms in total. The van der Waals surface area contributed by atoms with E-state index in [1.807, 2.05) is 6.07 Å². The Hall–Kier alpha value is -3.18. The van der Waals surface area contributed by atoms with E-state index >= 15 is 0 Å². The van der Waals surface area contributed by atoms with E-state index in [4.69, 9.17) is 14.4 Å². The van der Waals surface area contributed by atoms with Crippen molar-refractivity contribution in [2.45, 2.75) is 19.4 Å². The number of rotatable bonds is 11. The third-order valence-electron chi connectivity index (χ3n) is 4.16. The number of pyridine rings is 1. The summed E-state index contributed by atoms with van der Waals surface area (Å²) in [5.41, 5.74) is 1.32. The maximum atomic E-state index is 12.7. The van der Waals surface area contributed by atoms with E-state index < -0.39 is 0 Å². The molecule has 2 aromatic heterocycles. The average Bonchev–Trinajstić information content (AvgIpc) is 3.26. The quantitative estimate of drug-likeness (QED) is 0.588. The lowest BCUT2D eigenvalue weighted by molar-refractivity contribution is -0.132. The summed E-state index contributed by atoms with van der Waals surface area (Å²) in [7, 11) is 1.56. The van der Waals surface area contributed by atoms with Gasteiger partial charge in [-0.25, -0.2) is 0 Å². The molecule has 2 heterocycles. The van der Waals surface area contributed by atoms with Gasteiger partial charge in [-0.15, -0.1) is 0 Å². The second-order valence-corrected chi connectivity index (χ2v) is 6.13. The van der Waals surface area contributed by atoms with Gasteiger partial charge in [-0.05, 0) is 17.7 Å². The Balaban J connectivity index is 2.00. The summed E-state index contributed by atoms with van der Waals surface area (Å²) in [6, 6.07) is 7.34. The van der Waals surface area contributed by atoms with Gasteiger partial charge in [0.25, 0.3) is 5.91 Å². The van der Waals surface area contributed by atoms with Crippen LogP contribution in [0.25, 0.3) is 0 Å². The number of carbonyl (C=O) groups is 2. The Kier molecular flexibility index (Phi) is 8.69. The van der Waals surface area contributed by atoms with E-state index in [0.717, 1.165) is 5.56 Å². The third kappa shape index (κ3) is 6.52. The Morgan fingerprint density at radius 2 is 2.11 bits per heavy atom. The smallest absolute Gasteiger partial charge is 0.257 e. The van der Waals surface area contributed by atoms with Crippen molar-refractivity contribution >= 4 is 11.8 Å². The van der Waals surface area contributed by atoms with Crippen LogP contribution >= 0.6 is 0 Å². The monoisotopic (exact) mass is 384 g/mol. The summed E-state index contributed by atoms with van der Waals surface area (Å²) in [5, 5.41) is 8.88. The molecule has 0 atom stereocenters. The molecule has 0 spiro atoms. The van der Waals surface area contributed by atoms with Crippen molar-refractivity contribution in [3.05, 3.63) is 54.2 Å². The van der Waals surface area contributed by atoms with Crippen LogP contribution < -0.4 is 0 Å². The predicted molar refractivity (Wildman–Crippen MR) is 101 cm³/mol. The standard InChI is InChI=1S/C20H24N4O4/c1-27-13-11-23(20(26)18-6-12-28-16-18)10-5-19(25)24(9-3-7-21)15-17-4-2-8-22-14-17/h2,4,6,8,12,14,16H,3,5,9-11,13,15H2,1H3. The number of amides is 2. The minimum absolute atomic E-state index is 0.124. The first-order valence-corrected chi connectivity index (χ1v) is 8.99. The summed E-state index contributed by atoms with van der Waals surface area (Å²) in [6.07, 6.45) is 6.57. The van der Waals surface area contributed by atoms with E-state index in [2.05, 4.69) is 11.1 Å². The highest BCUT2D eigenvalue weighted by Gasteiger charge is 2.20. The van der Waals surface area contributed by atoms with Crippen molar-refractivity contribution < 1.29 is 18.7 Å². The number of hydrogen-bond donors (Lipinski definition) is 0. The average molecular weight is 384 g/mol. The number of ether oxygens (including phenoxy) is 1. The zero-order valence-electron chi connectivity index (χ0n) is 15.9. The molecule has 28 heavy (non-hydrogen) atoms. The molecule has 0 aromatic carbocycles. The van der Waals surface area contributed by atoms with Crippen molar-refractivity contribution in [3.8, 4) is 6.07 Å². The second-order valence-electron chi connectivity index (χ2n) is 6.13. The van der Waals surface area contributed by atoms with Crippen molar-refractivity contribution in [1.82, 2.24) is 14.8 Å². The van der Waals surface area contributed by atoms with Gasteiger partial charge in [0, 0.05) is 52.1 Å². The molecule has 0 saturated carbocycles. The Morgan fingerprint density at radius 1 is 1.25 bits per heavy atom. The highest BCUT2D eigenvalue weighted by molar-refractivity contribution is 5.94. The SMILES string of the molecule is COCCN(CCC(=O)N(CCC#N)Cc1cccnc1)C(=O)c1ccoc1. The maximum absolute atomic E-state index is 12.7. The fourth-order valence-corrected chi connectivity index (χ4v) is 2.66. The Bertz CT molecular complexity index is 771. The molecule has 0 aliphatic rings. The lowest BCUT2D eigenvalue weighted by Gasteiger charge is -2.25. The molecule has 0 saturated heterocycles. The van der Waals surface area contributed by atoms with Crippen molar-refractivity contribution in [2.24, 2.45) is 0 Å². The van der Waals surface area contributed by atoms with Crippen LogP contribution in [-0.4, -0.2) is 59.9 Å². The first-order chi connectivity index (χ1) is 13.7. The maximum Gasteiger partial charge on any atom is 0.257 e. The van der Waals surface area contributed by atoms with Gasteiger partial charge in [-0.3, -0.25) is 14.6 Å². The number of nitrogens with zero attached hydrogens (tertiary/aromatic N) is 4. The molecule has 148 valence electrons. The molecular formula is C20H24N4O4. The van der Waals surface area contributed by atoms with Crippen LogP contribution in [0, 0.1) is 11.3 Å². The molecule has 0 bridgehead atoms. The van der Waals surface area contributed by atoms with Crippen molar-refractivity contribution in [3.63, 3.8) is 0 Å². The molecular weight excluding hydrogens is 360 g/mol. The highest BCUT2D eigenvalue weighted by Crippen LogP contribution is 2.10. The molecule has 0 N–H and O–H groups in total. The summed E-state index contributed by atoms with van der Waals surface area (Å²) >= 11 is 0. The van der Waals surface area contributed by atoms with Crippen LogP contribution in [0.3, 0.4) is 0 Å².